The summed E-state index contributed by atoms with van der Waals surface area (Å²) in [5, 5.41) is 8.36. The van der Waals surface area contributed by atoms with Crippen LogP contribution in [0.1, 0.15) is 12.1 Å². The number of carbonyl (C=O) groups excluding carboxylic acids is 2. The number of pyridine rings is 1. The standard InChI is InChI=1S/C21H21N5O3/c27-19-11-16(13-25(19)14-17-6-3-4-8-22-17)20(28)23-9-10-26-21(29)18-7-2-1-5-15(18)12-24-26/h1-8,12,16H,9-11,13-14H2,(H,23,28)/t16-/m1/s1. The van der Waals surface area contributed by atoms with E-state index in [1.165, 1.54) is 4.68 Å². The van der Waals surface area contributed by atoms with Gasteiger partial charge in [-0.15, -0.1) is 0 Å². The Morgan fingerprint density at radius 2 is 1.97 bits per heavy atom. The summed E-state index contributed by atoms with van der Waals surface area (Å²) >= 11 is 0. The summed E-state index contributed by atoms with van der Waals surface area (Å²) in [7, 11) is 0. The fourth-order valence-corrected chi connectivity index (χ4v) is 3.50. The van der Waals surface area contributed by atoms with Gasteiger partial charge in [-0.1, -0.05) is 24.3 Å². The van der Waals surface area contributed by atoms with Crippen molar-refractivity contribution in [2.75, 3.05) is 13.1 Å². The van der Waals surface area contributed by atoms with Gasteiger partial charge in [-0.05, 0) is 18.2 Å². The molecule has 1 aliphatic heterocycles. The third-order valence-corrected chi connectivity index (χ3v) is 5.05. The summed E-state index contributed by atoms with van der Waals surface area (Å²) < 4.78 is 1.34. The number of aromatic nitrogens is 3. The van der Waals surface area contributed by atoms with Crippen LogP contribution in [0.3, 0.4) is 0 Å². The summed E-state index contributed by atoms with van der Waals surface area (Å²) in [6, 6.07) is 12.8. The van der Waals surface area contributed by atoms with Gasteiger partial charge in [-0.2, -0.15) is 5.10 Å². The van der Waals surface area contributed by atoms with Crippen molar-refractivity contribution >= 4 is 22.6 Å². The van der Waals surface area contributed by atoms with E-state index in [-0.39, 0.29) is 36.9 Å². The van der Waals surface area contributed by atoms with Crippen LogP contribution in [0, 0.1) is 5.92 Å². The molecule has 0 radical (unpaired) electrons. The van der Waals surface area contributed by atoms with Crippen molar-refractivity contribution in [3.8, 4) is 0 Å². The van der Waals surface area contributed by atoms with Crippen LogP contribution >= 0.6 is 0 Å². The largest absolute Gasteiger partial charge is 0.354 e. The lowest BCUT2D eigenvalue weighted by atomic mass is 10.1. The number of nitrogens with one attached hydrogen (secondary N) is 1. The van der Waals surface area contributed by atoms with Crippen LogP contribution in [0.5, 0.6) is 0 Å². The predicted octanol–water partition coefficient (Wildman–Crippen LogP) is 0.956. The minimum absolute atomic E-state index is 0.0526. The molecule has 0 spiro atoms. The van der Waals surface area contributed by atoms with E-state index in [0.717, 1.165) is 11.1 Å². The Balaban J connectivity index is 1.32. The number of benzene rings is 1. The molecular formula is C21H21N5O3. The van der Waals surface area contributed by atoms with Crippen molar-refractivity contribution in [3.63, 3.8) is 0 Å². The van der Waals surface area contributed by atoms with Gasteiger partial charge in [0, 0.05) is 31.1 Å². The fourth-order valence-electron chi connectivity index (χ4n) is 3.50. The Kier molecular flexibility index (Phi) is 5.33. The molecule has 0 saturated carbocycles. The molecule has 1 aliphatic rings. The second kappa shape index (κ2) is 8.22. The van der Waals surface area contributed by atoms with Crippen LogP contribution in [0.4, 0.5) is 0 Å². The van der Waals surface area contributed by atoms with Crippen LogP contribution in [-0.2, 0) is 22.7 Å². The molecule has 1 saturated heterocycles. The zero-order valence-corrected chi connectivity index (χ0v) is 15.8. The average molecular weight is 391 g/mol. The molecular weight excluding hydrogens is 370 g/mol. The molecule has 8 nitrogen and oxygen atoms in total. The maximum Gasteiger partial charge on any atom is 0.274 e. The SMILES string of the molecule is O=C(NCCn1ncc2ccccc2c1=O)[C@@H]1CC(=O)N(Cc2ccccn2)C1. The Hall–Kier alpha value is -3.55. The van der Waals surface area contributed by atoms with E-state index in [9.17, 15) is 14.4 Å². The summed E-state index contributed by atoms with van der Waals surface area (Å²) in [6.45, 7) is 1.32. The molecule has 1 atom stereocenters. The van der Waals surface area contributed by atoms with E-state index in [1.54, 1.807) is 23.4 Å². The first-order chi connectivity index (χ1) is 14.1. The smallest absolute Gasteiger partial charge is 0.274 e. The highest BCUT2D eigenvalue weighted by Crippen LogP contribution is 2.19. The van der Waals surface area contributed by atoms with Crippen LogP contribution in [0.2, 0.25) is 0 Å². The lowest BCUT2D eigenvalue weighted by molar-refractivity contribution is -0.129. The molecule has 0 aliphatic carbocycles. The van der Waals surface area contributed by atoms with Gasteiger partial charge in [-0.25, -0.2) is 4.68 Å². The molecule has 0 unspecified atom stereocenters. The first kappa shape index (κ1) is 18.8. The second-order valence-corrected chi connectivity index (χ2v) is 7.05. The molecule has 2 amide bonds. The number of rotatable bonds is 6. The Morgan fingerprint density at radius 3 is 2.79 bits per heavy atom. The predicted molar refractivity (Wildman–Crippen MR) is 107 cm³/mol. The highest BCUT2D eigenvalue weighted by Gasteiger charge is 2.34. The van der Waals surface area contributed by atoms with Gasteiger partial charge in [0.1, 0.15) is 0 Å². The molecule has 3 heterocycles. The van der Waals surface area contributed by atoms with Gasteiger partial charge in [0.2, 0.25) is 11.8 Å². The van der Waals surface area contributed by atoms with Gasteiger partial charge >= 0.3 is 0 Å². The molecule has 1 N–H and O–H groups in total. The van der Waals surface area contributed by atoms with Crippen molar-refractivity contribution in [2.45, 2.75) is 19.5 Å². The number of carbonyl (C=O) groups is 2. The quantitative estimate of drug-likeness (QED) is 0.675. The van der Waals surface area contributed by atoms with E-state index in [0.29, 0.717) is 18.5 Å². The highest BCUT2D eigenvalue weighted by molar-refractivity contribution is 5.89. The summed E-state index contributed by atoms with van der Waals surface area (Å²) in [6.07, 6.45) is 3.51. The summed E-state index contributed by atoms with van der Waals surface area (Å²) in [5.74, 6) is -0.633. The minimum Gasteiger partial charge on any atom is -0.354 e. The van der Waals surface area contributed by atoms with Crippen molar-refractivity contribution in [1.29, 1.82) is 0 Å². The van der Waals surface area contributed by atoms with Gasteiger partial charge in [-0.3, -0.25) is 19.4 Å². The topological polar surface area (TPSA) is 97.2 Å². The first-order valence-electron chi connectivity index (χ1n) is 9.52. The van der Waals surface area contributed by atoms with Crippen LogP contribution in [-0.4, -0.2) is 44.6 Å². The fraction of sp³-hybridized carbons (Fsp3) is 0.286. The van der Waals surface area contributed by atoms with Gasteiger partial charge in [0.05, 0.1) is 36.3 Å². The van der Waals surface area contributed by atoms with Crippen LogP contribution in [0.15, 0.2) is 59.7 Å². The third kappa shape index (κ3) is 4.16. The molecule has 2 aromatic heterocycles. The number of amides is 2. The summed E-state index contributed by atoms with van der Waals surface area (Å²) in [4.78, 5) is 43.0. The molecule has 4 rings (SSSR count). The van der Waals surface area contributed by atoms with E-state index < -0.39 is 5.92 Å². The lowest BCUT2D eigenvalue weighted by Gasteiger charge is -2.16. The van der Waals surface area contributed by atoms with Crippen molar-refractivity contribution in [1.82, 2.24) is 25.0 Å². The summed E-state index contributed by atoms with van der Waals surface area (Å²) in [5.41, 5.74) is 0.610. The maximum absolute atomic E-state index is 12.5. The van der Waals surface area contributed by atoms with E-state index >= 15 is 0 Å². The molecule has 3 aromatic rings. The number of hydrogen-bond donors (Lipinski definition) is 1. The van der Waals surface area contributed by atoms with Gasteiger partial charge < -0.3 is 10.2 Å². The molecule has 29 heavy (non-hydrogen) atoms. The van der Waals surface area contributed by atoms with Gasteiger partial charge in [0.15, 0.2) is 0 Å². The van der Waals surface area contributed by atoms with Crippen LogP contribution in [0.25, 0.3) is 10.8 Å². The molecule has 1 aromatic carbocycles. The van der Waals surface area contributed by atoms with E-state index in [1.807, 2.05) is 36.4 Å². The molecule has 1 fully saturated rings. The Labute approximate surface area is 167 Å². The maximum atomic E-state index is 12.5. The zero-order valence-electron chi connectivity index (χ0n) is 15.8. The Bertz CT molecular complexity index is 1100. The first-order valence-corrected chi connectivity index (χ1v) is 9.52. The number of hydrogen-bond acceptors (Lipinski definition) is 5. The molecule has 8 heteroatoms. The monoisotopic (exact) mass is 391 g/mol. The van der Waals surface area contributed by atoms with E-state index in [4.69, 9.17) is 0 Å². The number of nitrogens with zero attached hydrogens (tertiary/aromatic N) is 4. The number of fused-ring (bicyclic) bond motifs is 1. The van der Waals surface area contributed by atoms with Crippen molar-refractivity contribution in [2.24, 2.45) is 5.92 Å². The average Bonchev–Trinajstić information content (AvgIpc) is 3.11. The lowest BCUT2D eigenvalue weighted by Crippen LogP contribution is -2.36. The molecule has 148 valence electrons. The highest BCUT2D eigenvalue weighted by atomic mass is 16.2. The van der Waals surface area contributed by atoms with E-state index in [2.05, 4.69) is 15.4 Å². The minimum atomic E-state index is -0.396. The van der Waals surface area contributed by atoms with Gasteiger partial charge in [0.25, 0.3) is 5.56 Å². The normalized spacial score (nSPS) is 16.3. The van der Waals surface area contributed by atoms with Crippen molar-refractivity contribution in [3.05, 3.63) is 70.9 Å². The number of likely N-dealkylation sites (tertiary alicyclic amines) is 1. The van der Waals surface area contributed by atoms with Crippen LogP contribution < -0.4 is 10.9 Å². The molecule has 0 bridgehead atoms. The zero-order chi connectivity index (χ0) is 20.2. The second-order valence-electron chi connectivity index (χ2n) is 7.05. The third-order valence-electron chi connectivity index (χ3n) is 5.05. The Morgan fingerprint density at radius 1 is 1.14 bits per heavy atom. The van der Waals surface area contributed by atoms with Crippen molar-refractivity contribution < 1.29 is 9.59 Å².